The zero-order valence-electron chi connectivity index (χ0n) is 8.55. The summed E-state index contributed by atoms with van der Waals surface area (Å²) in [6.07, 6.45) is 2.52. The highest BCUT2D eigenvalue weighted by Crippen LogP contribution is 2.19. The molecular formula is C10H19NO2. The standard InChI is InChI=1S/C10H19NO2/c1-9(12)4-7-11-6-3-5-10(2,13)8-11/h13H,3-8H2,1-2H3. The molecule has 1 unspecified atom stereocenters. The van der Waals surface area contributed by atoms with Gasteiger partial charge in [0.05, 0.1) is 5.60 Å². The van der Waals surface area contributed by atoms with Gasteiger partial charge in [0.2, 0.25) is 0 Å². The lowest BCUT2D eigenvalue weighted by atomic mass is 9.95. The van der Waals surface area contributed by atoms with Crippen LogP contribution in [0.5, 0.6) is 0 Å². The number of nitrogens with zero attached hydrogens (tertiary/aromatic N) is 1. The molecule has 1 heterocycles. The predicted octanol–water partition coefficient (Wildman–Crippen LogP) is 0.812. The number of rotatable bonds is 3. The summed E-state index contributed by atoms with van der Waals surface area (Å²) in [5, 5.41) is 9.78. The fraction of sp³-hybridized carbons (Fsp3) is 0.900. The number of Topliss-reactive ketones (excluding diaryl/α,β-unsaturated/α-hetero) is 1. The van der Waals surface area contributed by atoms with Crippen molar-refractivity contribution in [2.75, 3.05) is 19.6 Å². The molecule has 76 valence electrons. The fourth-order valence-electron chi connectivity index (χ4n) is 1.83. The van der Waals surface area contributed by atoms with Crippen LogP contribution in [0.25, 0.3) is 0 Å². The number of likely N-dealkylation sites (tertiary alicyclic amines) is 1. The van der Waals surface area contributed by atoms with Crippen molar-refractivity contribution < 1.29 is 9.90 Å². The molecule has 0 aliphatic carbocycles. The smallest absolute Gasteiger partial charge is 0.131 e. The highest BCUT2D eigenvalue weighted by Gasteiger charge is 2.27. The zero-order chi connectivity index (χ0) is 9.90. The summed E-state index contributed by atoms with van der Waals surface area (Å²) in [5.41, 5.74) is -0.547. The fourth-order valence-corrected chi connectivity index (χ4v) is 1.83. The van der Waals surface area contributed by atoms with Gasteiger partial charge in [0.25, 0.3) is 0 Å². The van der Waals surface area contributed by atoms with E-state index < -0.39 is 5.60 Å². The van der Waals surface area contributed by atoms with Gasteiger partial charge in [0.1, 0.15) is 5.78 Å². The van der Waals surface area contributed by atoms with Crippen LogP contribution in [-0.2, 0) is 4.79 Å². The number of hydrogen-bond acceptors (Lipinski definition) is 3. The van der Waals surface area contributed by atoms with Gasteiger partial charge >= 0.3 is 0 Å². The van der Waals surface area contributed by atoms with Gasteiger partial charge < -0.3 is 10.0 Å². The summed E-state index contributed by atoms with van der Waals surface area (Å²) in [5.74, 6) is 0.227. The first-order chi connectivity index (χ1) is 5.99. The van der Waals surface area contributed by atoms with Crippen molar-refractivity contribution >= 4 is 5.78 Å². The van der Waals surface area contributed by atoms with Gasteiger partial charge in [-0.05, 0) is 33.2 Å². The van der Waals surface area contributed by atoms with Crippen molar-refractivity contribution in [2.45, 2.75) is 38.7 Å². The maximum Gasteiger partial charge on any atom is 0.131 e. The predicted molar refractivity (Wildman–Crippen MR) is 51.6 cm³/mol. The normalized spacial score (nSPS) is 30.4. The van der Waals surface area contributed by atoms with Crippen LogP contribution in [0.15, 0.2) is 0 Å². The molecule has 1 N–H and O–H groups in total. The Morgan fingerprint density at radius 3 is 2.85 bits per heavy atom. The van der Waals surface area contributed by atoms with Gasteiger partial charge in [-0.15, -0.1) is 0 Å². The molecule has 0 bridgehead atoms. The minimum absolute atomic E-state index is 0.227. The topological polar surface area (TPSA) is 40.5 Å². The Bertz CT molecular complexity index is 189. The highest BCUT2D eigenvalue weighted by atomic mass is 16.3. The molecule has 0 spiro atoms. The minimum Gasteiger partial charge on any atom is -0.389 e. The Labute approximate surface area is 79.7 Å². The molecule has 1 saturated heterocycles. The van der Waals surface area contributed by atoms with Gasteiger partial charge in [-0.2, -0.15) is 0 Å². The maximum atomic E-state index is 10.8. The Balaban J connectivity index is 2.30. The summed E-state index contributed by atoms with van der Waals surface area (Å²) in [7, 11) is 0. The first-order valence-electron chi connectivity index (χ1n) is 4.94. The van der Waals surface area contributed by atoms with Gasteiger partial charge in [0, 0.05) is 19.5 Å². The van der Waals surface area contributed by atoms with Crippen molar-refractivity contribution in [1.29, 1.82) is 0 Å². The lowest BCUT2D eigenvalue weighted by molar-refractivity contribution is -0.117. The number of aliphatic hydroxyl groups is 1. The van der Waals surface area contributed by atoms with Crippen LogP contribution in [0, 0.1) is 0 Å². The number of β-amino-alcohol motifs (C(OH)–C–C–N with tert-alkyl or cyclic N) is 1. The van der Waals surface area contributed by atoms with Gasteiger partial charge in [-0.1, -0.05) is 0 Å². The number of carbonyl (C=O) groups is 1. The van der Waals surface area contributed by atoms with E-state index in [2.05, 4.69) is 4.90 Å². The average Bonchev–Trinajstić information content (AvgIpc) is 1.99. The third kappa shape index (κ3) is 3.87. The second-order valence-corrected chi connectivity index (χ2v) is 4.33. The summed E-state index contributed by atoms with van der Waals surface area (Å²) in [4.78, 5) is 12.9. The monoisotopic (exact) mass is 185 g/mol. The van der Waals surface area contributed by atoms with Gasteiger partial charge in [0.15, 0.2) is 0 Å². The second-order valence-electron chi connectivity index (χ2n) is 4.33. The third-order valence-electron chi connectivity index (χ3n) is 2.53. The SMILES string of the molecule is CC(=O)CCN1CCCC(C)(O)C1. The number of piperidine rings is 1. The molecule has 1 aliphatic heterocycles. The average molecular weight is 185 g/mol. The molecule has 0 radical (unpaired) electrons. The number of carbonyl (C=O) groups excluding carboxylic acids is 1. The largest absolute Gasteiger partial charge is 0.389 e. The second kappa shape index (κ2) is 4.20. The lowest BCUT2D eigenvalue weighted by Crippen LogP contribution is -2.46. The van der Waals surface area contributed by atoms with Crippen molar-refractivity contribution in [2.24, 2.45) is 0 Å². The Hall–Kier alpha value is -0.410. The molecular weight excluding hydrogens is 166 g/mol. The van der Waals surface area contributed by atoms with E-state index in [0.717, 1.165) is 25.9 Å². The number of ketones is 1. The van der Waals surface area contributed by atoms with E-state index in [4.69, 9.17) is 0 Å². The summed E-state index contributed by atoms with van der Waals surface area (Å²) < 4.78 is 0. The van der Waals surface area contributed by atoms with E-state index in [0.29, 0.717) is 13.0 Å². The van der Waals surface area contributed by atoms with Crippen LogP contribution in [0.2, 0.25) is 0 Å². The van der Waals surface area contributed by atoms with Gasteiger partial charge in [-0.25, -0.2) is 0 Å². The first kappa shape index (κ1) is 10.7. The molecule has 1 fully saturated rings. The minimum atomic E-state index is -0.547. The quantitative estimate of drug-likeness (QED) is 0.707. The molecule has 3 nitrogen and oxygen atoms in total. The molecule has 0 aromatic heterocycles. The Morgan fingerprint density at radius 1 is 1.62 bits per heavy atom. The van der Waals surface area contributed by atoms with Crippen LogP contribution >= 0.6 is 0 Å². The molecule has 1 atom stereocenters. The van der Waals surface area contributed by atoms with Crippen molar-refractivity contribution in [3.8, 4) is 0 Å². The van der Waals surface area contributed by atoms with Gasteiger partial charge in [-0.3, -0.25) is 4.79 Å². The van der Waals surface area contributed by atoms with E-state index >= 15 is 0 Å². The van der Waals surface area contributed by atoms with Crippen LogP contribution < -0.4 is 0 Å². The van der Waals surface area contributed by atoms with E-state index in [9.17, 15) is 9.90 Å². The van der Waals surface area contributed by atoms with E-state index in [1.807, 2.05) is 6.92 Å². The molecule has 13 heavy (non-hydrogen) atoms. The van der Waals surface area contributed by atoms with Crippen molar-refractivity contribution in [1.82, 2.24) is 4.90 Å². The highest BCUT2D eigenvalue weighted by molar-refractivity contribution is 5.75. The molecule has 0 saturated carbocycles. The van der Waals surface area contributed by atoms with E-state index in [1.54, 1.807) is 6.92 Å². The zero-order valence-corrected chi connectivity index (χ0v) is 8.55. The van der Waals surface area contributed by atoms with Crippen LogP contribution in [0.3, 0.4) is 0 Å². The molecule has 3 heteroatoms. The van der Waals surface area contributed by atoms with Crippen LogP contribution in [-0.4, -0.2) is 41.0 Å². The van der Waals surface area contributed by atoms with E-state index in [1.165, 1.54) is 0 Å². The van der Waals surface area contributed by atoms with E-state index in [-0.39, 0.29) is 5.78 Å². The van der Waals surface area contributed by atoms with Crippen LogP contribution in [0.1, 0.15) is 33.1 Å². The molecule has 1 rings (SSSR count). The maximum absolute atomic E-state index is 10.8. The summed E-state index contributed by atoms with van der Waals surface area (Å²) in [6.45, 7) is 6.00. The Morgan fingerprint density at radius 2 is 2.31 bits per heavy atom. The molecule has 1 aliphatic rings. The molecule has 0 amide bonds. The summed E-state index contributed by atoms with van der Waals surface area (Å²) in [6, 6.07) is 0. The van der Waals surface area contributed by atoms with Crippen molar-refractivity contribution in [3.05, 3.63) is 0 Å². The van der Waals surface area contributed by atoms with Crippen molar-refractivity contribution in [3.63, 3.8) is 0 Å². The first-order valence-corrected chi connectivity index (χ1v) is 4.94. The third-order valence-corrected chi connectivity index (χ3v) is 2.53. The molecule has 0 aromatic carbocycles. The summed E-state index contributed by atoms with van der Waals surface area (Å²) >= 11 is 0. The lowest BCUT2D eigenvalue weighted by Gasteiger charge is -2.36. The molecule has 0 aromatic rings. The number of hydrogen-bond donors (Lipinski definition) is 1. The Kier molecular flexibility index (Phi) is 3.45. The van der Waals surface area contributed by atoms with Crippen LogP contribution in [0.4, 0.5) is 0 Å².